The van der Waals surface area contributed by atoms with E-state index in [2.05, 4.69) is 11.0 Å². The first-order valence-corrected chi connectivity index (χ1v) is 7.70. The molecule has 1 heterocycles. The largest absolute Gasteiger partial charge is 0.468 e. The van der Waals surface area contributed by atoms with Gasteiger partial charge in [-0.05, 0) is 18.4 Å². The molecule has 0 radical (unpaired) electrons. The van der Waals surface area contributed by atoms with E-state index in [0.717, 1.165) is 5.56 Å². The smallest absolute Gasteiger partial charge is 0.324 e. The zero-order valence-corrected chi connectivity index (χ0v) is 13.7. The molecule has 5 heteroatoms. The van der Waals surface area contributed by atoms with E-state index in [1.54, 1.807) is 0 Å². The molecule has 0 aliphatic carbocycles. The SMILES string of the molecule is COC(=O)C1(C(=O)OC)CC/C=C\CN(Cc2ccccc2)C1. The molecular weight excluding hydrogens is 294 g/mol. The lowest BCUT2D eigenvalue weighted by atomic mass is 9.81. The maximum atomic E-state index is 12.4. The summed E-state index contributed by atoms with van der Waals surface area (Å²) in [7, 11) is 2.62. The molecule has 124 valence electrons. The van der Waals surface area contributed by atoms with Crippen molar-refractivity contribution in [2.75, 3.05) is 27.3 Å². The average Bonchev–Trinajstić information content (AvgIpc) is 2.57. The minimum atomic E-state index is -1.27. The van der Waals surface area contributed by atoms with Gasteiger partial charge in [0.15, 0.2) is 5.41 Å². The fourth-order valence-corrected chi connectivity index (χ4v) is 2.97. The van der Waals surface area contributed by atoms with Crippen LogP contribution in [0.2, 0.25) is 0 Å². The lowest BCUT2D eigenvalue weighted by molar-refractivity contribution is -0.171. The number of carbonyl (C=O) groups excluding carboxylic acids is 2. The van der Waals surface area contributed by atoms with Crippen LogP contribution in [0.3, 0.4) is 0 Å². The molecule has 0 atom stereocenters. The number of hydrogen-bond donors (Lipinski definition) is 0. The second-order valence-electron chi connectivity index (χ2n) is 5.73. The highest BCUT2D eigenvalue weighted by Gasteiger charge is 2.49. The number of esters is 2. The zero-order valence-electron chi connectivity index (χ0n) is 13.7. The maximum Gasteiger partial charge on any atom is 0.324 e. The number of carbonyl (C=O) groups is 2. The molecule has 0 aromatic heterocycles. The quantitative estimate of drug-likeness (QED) is 0.484. The van der Waals surface area contributed by atoms with Crippen molar-refractivity contribution in [2.24, 2.45) is 5.41 Å². The van der Waals surface area contributed by atoms with E-state index in [-0.39, 0.29) is 6.54 Å². The molecule has 0 N–H and O–H groups in total. The number of rotatable bonds is 4. The van der Waals surface area contributed by atoms with E-state index in [4.69, 9.17) is 9.47 Å². The molecule has 5 nitrogen and oxygen atoms in total. The van der Waals surface area contributed by atoms with Crippen molar-refractivity contribution in [1.29, 1.82) is 0 Å². The monoisotopic (exact) mass is 317 g/mol. The van der Waals surface area contributed by atoms with Gasteiger partial charge in [0.2, 0.25) is 0 Å². The molecule has 0 amide bonds. The molecular formula is C18H23NO4. The second kappa shape index (κ2) is 7.92. The molecule has 0 saturated heterocycles. The van der Waals surface area contributed by atoms with Crippen molar-refractivity contribution in [3.63, 3.8) is 0 Å². The van der Waals surface area contributed by atoms with Crippen LogP contribution in [0.15, 0.2) is 42.5 Å². The molecule has 1 aromatic rings. The third-order valence-corrected chi connectivity index (χ3v) is 4.16. The Kier molecular flexibility index (Phi) is 5.93. The minimum absolute atomic E-state index is 0.283. The van der Waals surface area contributed by atoms with Gasteiger partial charge in [-0.15, -0.1) is 0 Å². The van der Waals surface area contributed by atoms with E-state index in [1.165, 1.54) is 14.2 Å². The normalized spacial score (nSPS) is 19.2. The van der Waals surface area contributed by atoms with E-state index in [9.17, 15) is 9.59 Å². The third-order valence-electron chi connectivity index (χ3n) is 4.16. The number of nitrogens with zero attached hydrogens (tertiary/aromatic N) is 1. The summed E-state index contributed by atoms with van der Waals surface area (Å²) in [6.07, 6.45) is 5.09. The highest BCUT2D eigenvalue weighted by Crippen LogP contribution is 2.31. The molecule has 0 unspecified atom stereocenters. The Hall–Kier alpha value is -2.14. The minimum Gasteiger partial charge on any atom is -0.468 e. The Balaban J connectivity index is 2.28. The predicted octanol–water partition coefficient (Wildman–Crippen LogP) is 2.17. The standard InChI is InChI=1S/C18H23NO4/c1-22-16(20)18(17(21)23-2)11-7-4-8-12-19(14-18)13-15-9-5-3-6-10-15/h3-6,8-10H,7,11-14H2,1-2H3/b8-4-. The molecule has 1 aliphatic rings. The van der Waals surface area contributed by atoms with E-state index in [1.807, 2.05) is 36.4 Å². The highest BCUT2D eigenvalue weighted by molar-refractivity contribution is 6.00. The third kappa shape index (κ3) is 3.99. The number of allylic oxidation sites excluding steroid dienone is 1. The van der Waals surface area contributed by atoms with Crippen LogP contribution in [0.1, 0.15) is 18.4 Å². The molecule has 1 aliphatic heterocycles. The lowest BCUT2D eigenvalue weighted by Crippen LogP contribution is -2.50. The van der Waals surface area contributed by atoms with Crippen LogP contribution in [-0.2, 0) is 25.6 Å². The Morgan fingerprint density at radius 3 is 2.35 bits per heavy atom. The summed E-state index contributed by atoms with van der Waals surface area (Å²) >= 11 is 0. The van der Waals surface area contributed by atoms with Crippen molar-refractivity contribution in [1.82, 2.24) is 4.90 Å². The summed E-state index contributed by atoms with van der Waals surface area (Å²) < 4.78 is 9.84. The van der Waals surface area contributed by atoms with Gasteiger partial charge in [-0.2, -0.15) is 0 Å². The van der Waals surface area contributed by atoms with Crippen molar-refractivity contribution < 1.29 is 19.1 Å². The Morgan fingerprint density at radius 2 is 1.74 bits per heavy atom. The van der Waals surface area contributed by atoms with Crippen LogP contribution in [0.25, 0.3) is 0 Å². The Bertz CT molecular complexity index is 552. The van der Waals surface area contributed by atoms with Gasteiger partial charge >= 0.3 is 11.9 Å². The molecule has 0 spiro atoms. The first-order valence-electron chi connectivity index (χ1n) is 7.70. The summed E-state index contributed by atoms with van der Waals surface area (Å²) in [5, 5.41) is 0. The number of methoxy groups -OCH3 is 2. The van der Waals surface area contributed by atoms with Gasteiger partial charge < -0.3 is 9.47 Å². The number of hydrogen-bond acceptors (Lipinski definition) is 5. The van der Waals surface area contributed by atoms with E-state index >= 15 is 0 Å². The van der Waals surface area contributed by atoms with Crippen LogP contribution in [0, 0.1) is 5.41 Å². The number of ether oxygens (including phenoxy) is 2. The topological polar surface area (TPSA) is 55.8 Å². The van der Waals surface area contributed by atoms with E-state index in [0.29, 0.717) is 25.9 Å². The average molecular weight is 317 g/mol. The summed E-state index contributed by atoms with van der Waals surface area (Å²) in [5.74, 6) is -1.06. The molecule has 1 aromatic carbocycles. The van der Waals surface area contributed by atoms with Gasteiger partial charge in [0.25, 0.3) is 0 Å². The van der Waals surface area contributed by atoms with Gasteiger partial charge in [-0.1, -0.05) is 42.5 Å². The van der Waals surface area contributed by atoms with E-state index < -0.39 is 17.4 Å². The summed E-state index contributed by atoms with van der Waals surface area (Å²) in [4.78, 5) is 26.8. The van der Waals surface area contributed by atoms with Gasteiger partial charge in [0.1, 0.15) is 0 Å². The zero-order chi connectivity index (χ0) is 16.7. The summed E-state index contributed by atoms with van der Waals surface area (Å²) in [6, 6.07) is 9.97. The van der Waals surface area contributed by atoms with Crippen molar-refractivity contribution in [3.05, 3.63) is 48.0 Å². The van der Waals surface area contributed by atoms with Gasteiger partial charge in [0, 0.05) is 19.6 Å². The predicted molar refractivity (Wildman–Crippen MR) is 86.6 cm³/mol. The first-order chi connectivity index (χ1) is 11.1. The molecule has 0 fully saturated rings. The van der Waals surface area contributed by atoms with Crippen LogP contribution >= 0.6 is 0 Å². The van der Waals surface area contributed by atoms with Gasteiger partial charge in [-0.3, -0.25) is 14.5 Å². The van der Waals surface area contributed by atoms with Crippen molar-refractivity contribution in [2.45, 2.75) is 19.4 Å². The fraction of sp³-hybridized carbons (Fsp3) is 0.444. The van der Waals surface area contributed by atoms with Crippen LogP contribution in [0.5, 0.6) is 0 Å². The molecule has 2 rings (SSSR count). The Labute approximate surface area is 136 Å². The van der Waals surface area contributed by atoms with Gasteiger partial charge in [0.05, 0.1) is 14.2 Å². The fourth-order valence-electron chi connectivity index (χ4n) is 2.97. The Morgan fingerprint density at radius 1 is 1.09 bits per heavy atom. The van der Waals surface area contributed by atoms with Crippen molar-refractivity contribution in [3.8, 4) is 0 Å². The van der Waals surface area contributed by atoms with Crippen LogP contribution in [0.4, 0.5) is 0 Å². The maximum absolute atomic E-state index is 12.4. The molecule has 23 heavy (non-hydrogen) atoms. The van der Waals surface area contributed by atoms with Crippen molar-refractivity contribution >= 4 is 11.9 Å². The molecule has 0 bridgehead atoms. The summed E-state index contributed by atoms with van der Waals surface area (Å²) in [6.45, 7) is 1.61. The van der Waals surface area contributed by atoms with Crippen LogP contribution < -0.4 is 0 Å². The molecule has 0 saturated carbocycles. The van der Waals surface area contributed by atoms with Crippen LogP contribution in [-0.4, -0.2) is 44.1 Å². The first kappa shape index (κ1) is 17.2. The summed E-state index contributed by atoms with van der Waals surface area (Å²) in [5.41, 5.74) is -0.145. The second-order valence-corrected chi connectivity index (χ2v) is 5.73. The lowest BCUT2D eigenvalue weighted by Gasteiger charge is -2.34. The van der Waals surface area contributed by atoms with Gasteiger partial charge in [-0.25, -0.2) is 0 Å². The number of benzene rings is 1. The highest BCUT2D eigenvalue weighted by atomic mass is 16.5.